The Morgan fingerprint density at radius 3 is 2.52 bits per heavy atom. The molecule has 0 unspecified atom stereocenters. The second-order valence-electron chi connectivity index (χ2n) is 6.79. The number of carbonyl (C=O) groups excluding carboxylic acids is 1. The molecule has 0 N–H and O–H groups in total. The molecule has 0 bridgehead atoms. The molecular formula is C17H16F6N4O2. The van der Waals surface area contributed by atoms with Crippen molar-refractivity contribution >= 4 is 5.97 Å². The van der Waals surface area contributed by atoms with E-state index in [1.54, 1.807) is 6.92 Å². The van der Waals surface area contributed by atoms with Gasteiger partial charge < -0.3 is 9.40 Å². The fourth-order valence-corrected chi connectivity index (χ4v) is 3.06. The van der Waals surface area contributed by atoms with Gasteiger partial charge in [-0.25, -0.2) is 13.2 Å². The van der Waals surface area contributed by atoms with E-state index in [4.69, 9.17) is 4.84 Å². The number of fused-ring (bicyclic) bond motifs is 1. The molecule has 1 aliphatic rings. The minimum absolute atomic E-state index is 0.00599. The molecule has 0 saturated carbocycles. The minimum Gasteiger partial charge on any atom is -0.367 e. The molecule has 0 spiro atoms. The van der Waals surface area contributed by atoms with Gasteiger partial charge in [0.2, 0.25) is 5.82 Å². The molecule has 0 amide bonds. The topological polar surface area (TPSA) is 60.2 Å². The number of nitrogens with zero attached hydrogens (tertiary/aromatic N) is 4. The zero-order chi connectivity index (χ0) is 21.3. The lowest BCUT2D eigenvalue weighted by atomic mass is 9.97. The molecule has 1 aromatic carbocycles. The maximum Gasteiger partial charge on any atom is 0.451 e. The van der Waals surface area contributed by atoms with Gasteiger partial charge in [0.1, 0.15) is 5.82 Å². The van der Waals surface area contributed by atoms with Crippen molar-refractivity contribution in [1.29, 1.82) is 0 Å². The van der Waals surface area contributed by atoms with E-state index < -0.39 is 41.3 Å². The quantitative estimate of drug-likeness (QED) is 0.547. The molecule has 6 nitrogen and oxygen atoms in total. The third-order valence-electron chi connectivity index (χ3n) is 4.38. The molecule has 2 heterocycles. The first-order valence-electron chi connectivity index (χ1n) is 8.63. The van der Waals surface area contributed by atoms with E-state index in [9.17, 15) is 31.1 Å². The van der Waals surface area contributed by atoms with Crippen LogP contribution >= 0.6 is 0 Å². The van der Waals surface area contributed by atoms with Gasteiger partial charge in [0.25, 0.3) is 0 Å². The largest absolute Gasteiger partial charge is 0.451 e. The Bertz CT molecular complexity index is 914. The third kappa shape index (κ3) is 4.86. The van der Waals surface area contributed by atoms with E-state index in [1.807, 2.05) is 0 Å². The summed E-state index contributed by atoms with van der Waals surface area (Å²) in [6, 6.07) is 1.18. The number of hydrogen-bond acceptors (Lipinski definition) is 5. The monoisotopic (exact) mass is 422 g/mol. The summed E-state index contributed by atoms with van der Waals surface area (Å²) >= 11 is 0. The number of alkyl halides is 3. The Hall–Kier alpha value is -2.63. The molecule has 12 heteroatoms. The van der Waals surface area contributed by atoms with Crippen molar-refractivity contribution in [3.8, 4) is 0 Å². The molecule has 0 saturated heterocycles. The van der Waals surface area contributed by atoms with Crippen molar-refractivity contribution in [1.82, 2.24) is 19.8 Å². The summed E-state index contributed by atoms with van der Waals surface area (Å²) in [6.45, 7) is 1.33. The highest BCUT2D eigenvalue weighted by molar-refractivity contribution is 5.69. The van der Waals surface area contributed by atoms with Crippen LogP contribution in [0.5, 0.6) is 0 Å². The lowest BCUT2D eigenvalue weighted by Gasteiger charge is -2.26. The van der Waals surface area contributed by atoms with Crippen LogP contribution in [0.4, 0.5) is 26.3 Å². The highest BCUT2D eigenvalue weighted by Gasteiger charge is 2.39. The van der Waals surface area contributed by atoms with Gasteiger partial charge in [0.05, 0.1) is 19.5 Å². The average molecular weight is 422 g/mol. The molecule has 2 aromatic rings. The number of hydrogen-bond donors (Lipinski definition) is 0. The fourth-order valence-electron chi connectivity index (χ4n) is 3.06. The van der Waals surface area contributed by atoms with Crippen LogP contribution in [0.1, 0.15) is 30.6 Å². The van der Waals surface area contributed by atoms with Crippen molar-refractivity contribution in [3.63, 3.8) is 0 Å². The van der Waals surface area contributed by atoms with E-state index in [-0.39, 0.29) is 43.9 Å². The maximum atomic E-state index is 13.7. The molecule has 1 aliphatic heterocycles. The molecule has 29 heavy (non-hydrogen) atoms. The van der Waals surface area contributed by atoms with Gasteiger partial charge in [-0.3, -0.25) is 4.79 Å². The summed E-state index contributed by atoms with van der Waals surface area (Å²) in [5.41, 5.74) is -0.0741. The van der Waals surface area contributed by atoms with Crippen LogP contribution < -0.4 is 0 Å². The molecule has 0 aliphatic carbocycles. The van der Waals surface area contributed by atoms with Crippen molar-refractivity contribution < 1.29 is 36.0 Å². The minimum atomic E-state index is -4.63. The number of carbonyl (C=O) groups is 1. The smallest absolute Gasteiger partial charge is 0.367 e. The summed E-state index contributed by atoms with van der Waals surface area (Å²) < 4.78 is 79.3. The Morgan fingerprint density at radius 1 is 1.14 bits per heavy atom. The highest BCUT2D eigenvalue weighted by atomic mass is 19.4. The lowest BCUT2D eigenvalue weighted by Crippen LogP contribution is -2.37. The van der Waals surface area contributed by atoms with Crippen LogP contribution in [0.15, 0.2) is 12.1 Å². The molecular weight excluding hydrogens is 406 g/mol. The summed E-state index contributed by atoms with van der Waals surface area (Å²) in [7, 11) is 0. The molecule has 3 rings (SSSR count). The van der Waals surface area contributed by atoms with E-state index in [2.05, 4.69) is 10.2 Å². The second kappa shape index (κ2) is 8.01. The lowest BCUT2D eigenvalue weighted by molar-refractivity contribution is -0.199. The van der Waals surface area contributed by atoms with Crippen molar-refractivity contribution in [2.24, 2.45) is 5.92 Å². The van der Waals surface area contributed by atoms with Gasteiger partial charge in [-0.05, 0) is 24.0 Å². The SMILES string of the molecule is C[C@@H](CC(=O)ON1CCn2c(nnc2C(F)(F)F)C1)Cc1cc(F)c(F)cc1F. The Kier molecular flexibility index (Phi) is 5.82. The second-order valence-corrected chi connectivity index (χ2v) is 6.79. The molecule has 1 aromatic heterocycles. The van der Waals surface area contributed by atoms with Gasteiger partial charge in [-0.2, -0.15) is 13.2 Å². The van der Waals surface area contributed by atoms with Crippen molar-refractivity contribution in [2.75, 3.05) is 6.54 Å². The first-order valence-corrected chi connectivity index (χ1v) is 8.63. The molecule has 0 radical (unpaired) electrons. The Balaban J connectivity index is 1.55. The van der Waals surface area contributed by atoms with Crippen LogP contribution in [-0.4, -0.2) is 32.3 Å². The summed E-state index contributed by atoms with van der Waals surface area (Å²) in [5, 5.41) is 7.77. The van der Waals surface area contributed by atoms with Crippen LogP contribution in [0.2, 0.25) is 0 Å². The van der Waals surface area contributed by atoms with Crippen molar-refractivity contribution in [3.05, 3.63) is 46.8 Å². The van der Waals surface area contributed by atoms with Crippen LogP contribution in [0, 0.1) is 23.4 Å². The van der Waals surface area contributed by atoms with Gasteiger partial charge >= 0.3 is 12.1 Å². The van der Waals surface area contributed by atoms with Crippen LogP contribution in [0.3, 0.4) is 0 Å². The summed E-state index contributed by atoms with van der Waals surface area (Å²) in [5.74, 6) is -5.65. The Labute approximate surface area is 161 Å². The number of rotatable bonds is 5. The van der Waals surface area contributed by atoms with Crippen molar-refractivity contribution in [2.45, 2.75) is 39.0 Å². The number of hydroxylamine groups is 2. The highest BCUT2D eigenvalue weighted by Crippen LogP contribution is 2.29. The first-order chi connectivity index (χ1) is 13.5. The standard InChI is InChI=1S/C17H16F6N4O2/c1-9(4-10-6-12(19)13(20)7-11(10)18)5-15(28)29-26-2-3-27-14(8-26)24-25-16(27)17(21,22)23/h6-7,9H,2-5,8H2,1H3/t9-/m1/s1. The summed E-state index contributed by atoms with van der Waals surface area (Å²) in [6.07, 6.45) is -4.81. The molecule has 1 atom stereocenters. The Morgan fingerprint density at radius 2 is 1.83 bits per heavy atom. The zero-order valence-electron chi connectivity index (χ0n) is 15.1. The maximum absolute atomic E-state index is 13.7. The molecule has 0 fully saturated rings. The predicted molar refractivity (Wildman–Crippen MR) is 85.3 cm³/mol. The van der Waals surface area contributed by atoms with Gasteiger partial charge in [0.15, 0.2) is 17.5 Å². The van der Waals surface area contributed by atoms with E-state index in [0.717, 1.165) is 15.7 Å². The summed E-state index contributed by atoms with van der Waals surface area (Å²) in [4.78, 5) is 17.2. The van der Waals surface area contributed by atoms with Crippen LogP contribution in [-0.2, 0) is 35.3 Å². The predicted octanol–water partition coefficient (Wildman–Crippen LogP) is 3.26. The number of aromatic nitrogens is 3. The van der Waals surface area contributed by atoms with E-state index in [0.29, 0.717) is 6.07 Å². The first kappa shape index (κ1) is 21.1. The van der Waals surface area contributed by atoms with Gasteiger partial charge in [0, 0.05) is 12.6 Å². The zero-order valence-corrected chi connectivity index (χ0v) is 15.1. The molecule has 158 valence electrons. The number of halogens is 6. The van der Waals surface area contributed by atoms with Gasteiger partial charge in [-0.1, -0.05) is 6.92 Å². The number of benzene rings is 1. The van der Waals surface area contributed by atoms with Crippen LogP contribution in [0.25, 0.3) is 0 Å². The third-order valence-corrected chi connectivity index (χ3v) is 4.38. The van der Waals surface area contributed by atoms with E-state index >= 15 is 0 Å². The average Bonchev–Trinajstić information content (AvgIpc) is 3.03. The van der Waals surface area contributed by atoms with Gasteiger partial charge in [-0.15, -0.1) is 15.3 Å². The normalized spacial score (nSPS) is 15.8. The fraction of sp³-hybridized carbons (Fsp3) is 0.471. The van der Waals surface area contributed by atoms with E-state index in [1.165, 1.54) is 0 Å².